The lowest BCUT2D eigenvalue weighted by Gasteiger charge is -2.34. The minimum Gasteiger partial charge on any atom is -0.497 e. The van der Waals surface area contributed by atoms with Gasteiger partial charge < -0.3 is 29.2 Å². The molecule has 1 N–H and O–H groups in total. The molecule has 11 heteroatoms. The Morgan fingerprint density at radius 3 is 2.54 bits per heavy atom. The van der Waals surface area contributed by atoms with Gasteiger partial charge in [0.1, 0.15) is 35.7 Å². The highest BCUT2D eigenvalue weighted by molar-refractivity contribution is 5.91. The molecule has 2 aliphatic carbocycles. The number of methoxy groups -OCH3 is 1. The van der Waals surface area contributed by atoms with Crippen LogP contribution in [0.4, 0.5) is 4.79 Å². The predicted octanol–water partition coefficient (Wildman–Crippen LogP) is 6.88. The van der Waals surface area contributed by atoms with Crippen LogP contribution in [0.25, 0.3) is 17.1 Å². The molecule has 3 fully saturated rings. The molecule has 2 heterocycles. The summed E-state index contributed by atoms with van der Waals surface area (Å²) in [6.07, 6.45) is 11.1. The largest absolute Gasteiger partial charge is 0.497 e. The Bertz CT molecular complexity index is 1520. The van der Waals surface area contributed by atoms with Crippen molar-refractivity contribution in [3.05, 3.63) is 43.1 Å². The van der Waals surface area contributed by atoms with Crippen molar-refractivity contribution >= 4 is 35.1 Å². The highest BCUT2D eigenvalue weighted by atomic mass is 16.6. The number of carbonyl (C=O) groups excluding carboxylic acids is 3. The molecule has 0 unspecified atom stereocenters. The zero-order chi connectivity index (χ0) is 35.8. The third-order valence-electron chi connectivity index (χ3n) is 10.2. The topological polar surface area (TPSA) is 129 Å². The van der Waals surface area contributed by atoms with E-state index >= 15 is 0 Å². The lowest BCUT2D eigenvalue weighted by molar-refractivity contribution is -0.156. The van der Waals surface area contributed by atoms with E-state index in [-0.39, 0.29) is 42.9 Å². The van der Waals surface area contributed by atoms with Crippen molar-refractivity contribution < 1.29 is 33.3 Å². The zero-order valence-electron chi connectivity index (χ0n) is 30.1. The van der Waals surface area contributed by atoms with Crippen molar-refractivity contribution in [1.82, 2.24) is 20.2 Å². The molecule has 5 rings (SSSR count). The molecular weight excluding hydrogens is 636 g/mol. The molecule has 50 heavy (non-hydrogen) atoms. The number of aromatic nitrogens is 2. The van der Waals surface area contributed by atoms with Gasteiger partial charge in [0, 0.05) is 12.0 Å². The smallest absolute Gasteiger partial charge is 0.408 e. The van der Waals surface area contributed by atoms with Gasteiger partial charge in [-0.25, -0.2) is 19.6 Å². The molecule has 1 aromatic heterocycles. The van der Waals surface area contributed by atoms with Crippen molar-refractivity contribution in [1.29, 1.82) is 0 Å². The fourth-order valence-corrected chi connectivity index (χ4v) is 7.39. The number of hydrogen-bond acceptors (Lipinski definition) is 9. The number of ether oxygens (including phenoxy) is 4. The number of fused-ring (bicyclic) bond motifs is 1. The Kier molecular flexibility index (Phi) is 12.8. The van der Waals surface area contributed by atoms with Gasteiger partial charge >= 0.3 is 12.1 Å². The van der Waals surface area contributed by atoms with Crippen molar-refractivity contribution in [3.8, 4) is 11.6 Å². The summed E-state index contributed by atoms with van der Waals surface area (Å²) in [7, 11) is 1.59. The summed E-state index contributed by atoms with van der Waals surface area (Å²) in [6.45, 7) is 14.0. The number of nitrogens with zero attached hydrogens (tertiary/aromatic N) is 3. The normalized spacial score (nSPS) is 24.0. The molecule has 1 aliphatic heterocycles. The summed E-state index contributed by atoms with van der Waals surface area (Å²) >= 11 is 0. The van der Waals surface area contributed by atoms with Gasteiger partial charge in [0.25, 0.3) is 0 Å². The van der Waals surface area contributed by atoms with E-state index in [1.165, 1.54) is 0 Å². The van der Waals surface area contributed by atoms with Gasteiger partial charge in [-0.15, -0.1) is 6.58 Å². The molecule has 2 saturated carbocycles. The van der Waals surface area contributed by atoms with Crippen LogP contribution in [0.3, 0.4) is 0 Å². The number of amides is 2. The third-order valence-corrected chi connectivity index (χ3v) is 10.2. The number of likely N-dealkylation sites (tertiary alicyclic amines) is 1. The van der Waals surface area contributed by atoms with Crippen molar-refractivity contribution in [2.45, 2.75) is 109 Å². The maximum atomic E-state index is 14.7. The molecule has 0 spiro atoms. The Balaban J connectivity index is 1.41. The summed E-state index contributed by atoms with van der Waals surface area (Å²) in [5, 5.41) is 2.97. The predicted molar refractivity (Wildman–Crippen MR) is 192 cm³/mol. The Hall–Kier alpha value is -4.15. The average molecular weight is 691 g/mol. The molecule has 2 amide bonds. The van der Waals surface area contributed by atoms with Crippen molar-refractivity contribution in [2.75, 3.05) is 20.3 Å². The van der Waals surface area contributed by atoms with Crippen LogP contribution in [-0.4, -0.2) is 77.4 Å². The molecule has 0 radical (unpaired) electrons. The maximum Gasteiger partial charge on any atom is 0.408 e. The fourth-order valence-electron chi connectivity index (χ4n) is 7.39. The van der Waals surface area contributed by atoms with Crippen molar-refractivity contribution in [3.63, 3.8) is 0 Å². The number of carbonyl (C=O) groups is 3. The Morgan fingerprint density at radius 2 is 1.86 bits per heavy atom. The first-order chi connectivity index (χ1) is 24.2. The highest BCUT2D eigenvalue weighted by Crippen LogP contribution is 2.39. The summed E-state index contributed by atoms with van der Waals surface area (Å²) in [4.78, 5) is 52.9. The number of hydrogen-bond donors (Lipinski definition) is 1. The first kappa shape index (κ1) is 37.1. The lowest BCUT2D eigenvalue weighted by atomic mass is 9.83. The van der Waals surface area contributed by atoms with Gasteiger partial charge in [0.15, 0.2) is 0 Å². The van der Waals surface area contributed by atoms with Crippen LogP contribution >= 0.6 is 0 Å². The van der Waals surface area contributed by atoms with E-state index in [1.807, 2.05) is 39.0 Å². The second-order valence-corrected chi connectivity index (χ2v) is 14.3. The molecule has 1 saturated heterocycles. The molecule has 11 nitrogen and oxygen atoms in total. The van der Waals surface area contributed by atoms with Crippen LogP contribution in [0.1, 0.15) is 90.7 Å². The standard InChI is InChI=1S/C39H54N4O7/c1-7-10-12-17-26-20-32(26)50-39(46)42-34(25-15-13-11-14-16-25)37(44)43-22-33(28(8-2)35(43)38(45)48-23-24(4)5)49-36-29(9-3)40-30-19-18-27(47-6)21-31(30)41-36/h7,9,18-19,21,24-26,28,32-35H,1,3,8,10-17,20,22-23H2,2,4-6H3,(H,42,46)/t26-,28-,32-,33+,34+,35+/m1/s1. The summed E-state index contributed by atoms with van der Waals surface area (Å²) in [5.74, 6) is 0.0666. The van der Waals surface area contributed by atoms with E-state index in [9.17, 15) is 14.4 Å². The quantitative estimate of drug-likeness (QED) is 0.114. The van der Waals surface area contributed by atoms with Crippen LogP contribution in [-0.2, 0) is 19.1 Å². The fraction of sp³-hybridized carbons (Fsp3) is 0.615. The lowest BCUT2D eigenvalue weighted by Crippen LogP contribution is -2.56. The number of unbranched alkanes of at least 4 members (excludes halogenated alkanes) is 1. The number of allylic oxidation sites excluding steroid dienone is 1. The van der Waals surface area contributed by atoms with Gasteiger partial charge in [0.2, 0.25) is 11.8 Å². The first-order valence-electron chi connectivity index (χ1n) is 18.4. The van der Waals surface area contributed by atoms with Crippen molar-refractivity contribution in [2.24, 2.45) is 23.7 Å². The number of benzene rings is 1. The van der Waals surface area contributed by atoms with E-state index in [2.05, 4.69) is 18.5 Å². The average Bonchev–Trinajstić information content (AvgIpc) is 3.75. The van der Waals surface area contributed by atoms with Gasteiger partial charge in [-0.2, -0.15) is 0 Å². The van der Waals surface area contributed by atoms with Gasteiger partial charge in [-0.3, -0.25) is 4.79 Å². The Morgan fingerprint density at radius 1 is 1.08 bits per heavy atom. The molecule has 0 bridgehead atoms. The second kappa shape index (κ2) is 17.2. The molecular formula is C39H54N4O7. The molecule has 272 valence electrons. The second-order valence-electron chi connectivity index (χ2n) is 14.3. The highest BCUT2D eigenvalue weighted by Gasteiger charge is 2.52. The zero-order valence-corrected chi connectivity index (χ0v) is 30.1. The van der Waals surface area contributed by atoms with E-state index < -0.39 is 36.2 Å². The van der Waals surface area contributed by atoms with E-state index in [4.69, 9.17) is 28.9 Å². The van der Waals surface area contributed by atoms with Gasteiger partial charge in [-0.05, 0) is 80.9 Å². The molecule has 3 aliphatic rings. The minimum atomic E-state index is -0.904. The van der Waals surface area contributed by atoms with Crippen LogP contribution in [0.2, 0.25) is 0 Å². The minimum absolute atomic E-state index is 0.0764. The number of esters is 1. The first-order valence-corrected chi connectivity index (χ1v) is 18.4. The number of alkyl carbamates (subject to hydrolysis) is 1. The van der Waals surface area contributed by atoms with Crippen LogP contribution < -0.4 is 14.8 Å². The van der Waals surface area contributed by atoms with E-state index in [0.717, 1.165) is 57.8 Å². The van der Waals surface area contributed by atoms with Gasteiger partial charge in [0.05, 0.1) is 31.3 Å². The monoisotopic (exact) mass is 690 g/mol. The summed E-state index contributed by atoms with van der Waals surface area (Å²) in [5.41, 5.74) is 1.69. The SMILES string of the molecule is C=CCCC[C@@H]1C[C@H]1OC(=O)N[C@H](C(=O)N1C[C@H](Oc2nc3cc(OC)ccc3nc2C=C)[C@@H](CC)[C@H]1C(=O)OCC(C)C)C1CCCCC1. The molecule has 2 aromatic rings. The Labute approximate surface area is 296 Å². The van der Waals surface area contributed by atoms with E-state index in [1.54, 1.807) is 24.2 Å². The maximum absolute atomic E-state index is 14.7. The third kappa shape index (κ3) is 8.95. The molecule has 1 aromatic carbocycles. The van der Waals surface area contributed by atoms with Crippen LogP contribution in [0.15, 0.2) is 37.4 Å². The van der Waals surface area contributed by atoms with Crippen LogP contribution in [0, 0.1) is 23.7 Å². The van der Waals surface area contributed by atoms with E-state index in [0.29, 0.717) is 34.8 Å². The number of rotatable bonds is 16. The van der Waals surface area contributed by atoms with Crippen LogP contribution in [0.5, 0.6) is 11.6 Å². The molecule has 6 atom stereocenters. The summed E-state index contributed by atoms with van der Waals surface area (Å²) < 4.78 is 23.6. The summed E-state index contributed by atoms with van der Waals surface area (Å²) in [6, 6.07) is 3.66. The number of nitrogens with one attached hydrogen (secondary N) is 1. The van der Waals surface area contributed by atoms with Gasteiger partial charge in [-0.1, -0.05) is 52.7 Å².